The van der Waals surface area contributed by atoms with Gasteiger partial charge in [-0.2, -0.15) is 0 Å². The number of benzene rings is 1. The maximum atomic E-state index is 12.8. The molecule has 1 atom stereocenters. The van der Waals surface area contributed by atoms with Crippen molar-refractivity contribution in [3.05, 3.63) is 34.9 Å². The zero-order valence-corrected chi connectivity index (χ0v) is 10.7. The van der Waals surface area contributed by atoms with Crippen LogP contribution in [0.3, 0.4) is 0 Å². The number of carboxylic acids is 1. The largest absolute Gasteiger partial charge is 0.479 e. The molecule has 1 aromatic carbocycles. The molecule has 2 N–H and O–H groups in total. The van der Waals surface area contributed by atoms with E-state index in [1.807, 2.05) is 0 Å². The van der Waals surface area contributed by atoms with E-state index in [-0.39, 0.29) is 18.4 Å². The maximum Gasteiger partial charge on any atom is 0.337 e. The molecule has 5 nitrogen and oxygen atoms in total. The number of ether oxygens (including phenoxy) is 1. The predicted molar refractivity (Wildman–Crippen MR) is 64.3 cm³/mol. The Hall–Kier alpha value is -2.02. The van der Waals surface area contributed by atoms with Crippen molar-refractivity contribution in [2.24, 2.45) is 0 Å². The smallest absolute Gasteiger partial charge is 0.337 e. The Balaban J connectivity index is 3.04. The molecule has 0 fully saturated rings. The Bertz CT molecular complexity index is 502. The molecule has 7 heteroatoms. The summed E-state index contributed by atoms with van der Waals surface area (Å²) >= 11 is 0. The first-order chi connectivity index (χ1) is 9.36. The molecule has 110 valence electrons. The van der Waals surface area contributed by atoms with Crippen LogP contribution < -0.4 is 0 Å². The van der Waals surface area contributed by atoms with Gasteiger partial charge in [-0.1, -0.05) is 18.2 Å². The van der Waals surface area contributed by atoms with Gasteiger partial charge < -0.3 is 14.9 Å². The van der Waals surface area contributed by atoms with Gasteiger partial charge in [0.2, 0.25) is 0 Å². The molecule has 0 spiro atoms. The van der Waals surface area contributed by atoms with Crippen LogP contribution in [-0.4, -0.2) is 29.3 Å². The van der Waals surface area contributed by atoms with Crippen LogP contribution in [0, 0.1) is 0 Å². The van der Waals surface area contributed by atoms with Gasteiger partial charge in [0.25, 0.3) is 6.43 Å². The van der Waals surface area contributed by atoms with Crippen LogP contribution in [0.2, 0.25) is 0 Å². The summed E-state index contributed by atoms with van der Waals surface area (Å²) in [6.45, 7) is 0. The van der Waals surface area contributed by atoms with E-state index in [2.05, 4.69) is 4.74 Å². The highest BCUT2D eigenvalue weighted by atomic mass is 19.3. The van der Waals surface area contributed by atoms with Crippen LogP contribution in [0.15, 0.2) is 18.2 Å². The van der Waals surface area contributed by atoms with Gasteiger partial charge in [-0.15, -0.1) is 0 Å². The molecule has 0 radical (unpaired) electrons. The van der Waals surface area contributed by atoms with Gasteiger partial charge in [-0.25, -0.2) is 13.6 Å². The molecule has 0 aliphatic carbocycles. The summed E-state index contributed by atoms with van der Waals surface area (Å²) in [6.07, 6.45) is -4.69. The molecule has 0 aliphatic heterocycles. The zero-order valence-electron chi connectivity index (χ0n) is 10.7. The van der Waals surface area contributed by atoms with E-state index in [9.17, 15) is 23.5 Å². The minimum Gasteiger partial charge on any atom is -0.479 e. The number of carboxylic acid groups (broad SMARTS) is 1. The summed E-state index contributed by atoms with van der Waals surface area (Å²) in [5, 5.41) is 18.2. The summed E-state index contributed by atoms with van der Waals surface area (Å²) in [7, 11) is 1.22. The van der Waals surface area contributed by atoms with E-state index < -0.39 is 30.0 Å². The number of halogens is 2. The lowest BCUT2D eigenvalue weighted by Crippen LogP contribution is -2.13. The summed E-state index contributed by atoms with van der Waals surface area (Å²) in [4.78, 5) is 21.7. The fourth-order valence-corrected chi connectivity index (χ4v) is 1.70. The van der Waals surface area contributed by atoms with Gasteiger partial charge in [0.1, 0.15) is 0 Å². The van der Waals surface area contributed by atoms with Crippen molar-refractivity contribution in [1.82, 2.24) is 0 Å². The number of aliphatic carboxylic acids is 1. The number of rotatable bonds is 6. The number of alkyl halides is 2. The van der Waals surface area contributed by atoms with Crippen LogP contribution >= 0.6 is 0 Å². The van der Waals surface area contributed by atoms with Gasteiger partial charge in [-0.05, 0) is 12.0 Å². The second kappa shape index (κ2) is 6.95. The van der Waals surface area contributed by atoms with Crippen LogP contribution in [0.1, 0.15) is 35.6 Å². The minimum absolute atomic E-state index is 0.0349. The van der Waals surface area contributed by atoms with E-state index >= 15 is 0 Å². The van der Waals surface area contributed by atoms with Gasteiger partial charge in [0, 0.05) is 17.5 Å². The van der Waals surface area contributed by atoms with E-state index in [4.69, 9.17) is 5.11 Å². The number of carbonyl (C=O) groups is 2. The summed E-state index contributed by atoms with van der Waals surface area (Å²) in [5.41, 5.74) is -0.438. The highest BCUT2D eigenvalue weighted by Crippen LogP contribution is 2.29. The average molecular weight is 288 g/mol. The summed E-state index contributed by atoms with van der Waals surface area (Å²) in [5.74, 6) is -2.08. The number of aliphatic hydroxyl groups excluding tert-OH is 1. The van der Waals surface area contributed by atoms with Crippen molar-refractivity contribution >= 4 is 11.9 Å². The second-order valence-electron chi connectivity index (χ2n) is 4.08. The molecule has 0 heterocycles. The lowest BCUT2D eigenvalue weighted by Gasteiger charge is -2.13. The number of aliphatic hydroxyl groups is 1. The van der Waals surface area contributed by atoms with Crippen molar-refractivity contribution < 1.29 is 33.3 Å². The van der Waals surface area contributed by atoms with Gasteiger partial charge in [0.05, 0.1) is 7.11 Å². The van der Waals surface area contributed by atoms with Crippen molar-refractivity contribution in [1.29, 1.82) is 0 Å². The number of methoxy groups -OCH3 is 1. The normalized spacial score (nSPS) is 12.2. The van der Waals surface area contributed by atoms with E-state index in [1.165, 1.54) is 19.2 Å². The molecular formula is C13H14F2O5. The summed E-state index contributed by atoms with van der Waals surface area (Å²) in [6, 6.07) is 3.59. The third kappa shape index (κ3) is 3.99. The lowest BCUT2D eigenvalue weighted by molar-refractivity contribution is -0.147. The Morgan fingerprint density at radius 2 is 1.95 bits per heavy atom. The first-order valence-corrected chi connectivity index (χ1v) is 5.75. The predicted octanol–water partition coefficient (Wildman–Crippen LogP) is 1.85. The van der Waals surface area contributed by atoms with Crippen molar-refractivity contribution in [3.63, 3.8) is 0 Å². The van der Waals surface area contributed by atoms with Gasteiger partial charge >= 0.3 is 11.9 Å². The fourth-order valence-electron chi connectivity index (χ4n) is 1.70. The zero-order chi connectivity index (χ0) is 15.3. The standard InChI is InChI=1S/C13H14F2O5/c1-20-10(16)5-3-7-2-4-8(12(14)15)9(6-7)11(17)13(18)19/h2,4,6,11-12,17H,3,5H2,1H3,(H,18,19). The second-order valence-corrected chi connectivity index (χ2v) is 4.08. The molecule has 1 unspecified atom stereocenters. The summed E-state index contributed by atoms with van der Waals surface area (Å²) < 4.78 is 30.0. The molecule has 0 saturated heterocycles. The maximum absolute atomic E-state index is 12.8. The molecule has 0 aliphatic rings. The molecule has 20 heavy (non-hydrogen) atoms. The highest BCUT2D eigenvalue weighted by Gasteiger charge is 2.24. The number of hydrogen-bond acceptors (Lipinski definition) is 4. The SMILES string of the molecule is COC(=O)CCc1ccc(C(F)F)c(C(O)C(=O)O)c1. The average Bonchev–Trinajstić information content (AvgIpc) is 2.43. The van der Waals surface area contributed by atoms with Crippen molar-refractivity contribution in [2.75, 3.05) is 7.11 Å². The third-order valence-electron chi connectivity index (χ3n) is 2.76. The molecule has 0 saturated carbocycles. The van der Waals surface area contributed by atoms with Crippen LogP contribution in [0.5, 0.6) is 0 Å². The van der Waals surface area contributed by atoms with E-state index in [0.717, 1.165) is 6.07 Å². The van der Waals surface area contributed by atoms with Crippen LogP contribution in [0.4, 0.5) is 8.78 Å². The Kier molecular flexibility index (Phi) is 5.57. The highest BCUT2D eigenvalue weighted by molar-refractivity contribution is 5.75. The molecule has 0 bridgehead atoms. The van der Waals surface area contributed by atoms with Crippen molar-refractivity contribution in [2.45, 2.75) is 25.4 Å². The van der Waals surface area contributed by atoms with Gasteiger partial charge in [0.15, 0.2) is 6.10 Å². The van der Waals surface area contributed by atoms with Crippen LogP contribution in [0.25, 0.3) is 0 Å². The molecular weight excluding hydrogens is 274 g/mol. The molecule has 1 rings (SSSR count). The Labute approximate surface area is 113 Å². The minimum atomic E-state index is -2.89. The van der Waals surface area contributed by atoms with Crippen molar-refractivity contribution in [3.8, 4) is 0 Å². The lowest BCUT2D eigenvalue weighted by atomic mass is 9.97. The molecule has 0 amide bonds. The quantitative estimate of drug-likeness (QED) is 0.780. The first-order valence-electron chi connectivity index (χ1n) is 5.75. The topological polar surface area (TPSA) is 83.8 Å². The number of hydrogen-bond donors (Lipinski definition) is 2. The van der Waals surface area contributed by atoms with E-state index in [0.29, 0.717) is 5.56 Å². The monoisotopic (exact) mass is 288 g/mol. The van der Waals surface area contributed by atoms with E-state index in [1.54, 1.807) is 0 Å². The number of esters is 1. The molecule has 1 aromatic rings. The molecule has 0 aromatic heterocycles. The Morgan fingerprint density at radius 3 is 2.45 bits per heavy atom. The fraction of sp³-hybridized carbons (Fsp3) is 0.385. The van der Waals surface area contributed by atoms with Gasteiger partial charge in [-0.3, -0.25) is 4.79 Å². The number of carbonyl (C=O) groups excluding carboxylic acids is 1. The Morgan fingerprint density at radius 1 is 1.30 bits per heavy atom. The van der Waals surface area contributed by atoms with Crippen LogP contribution in [-0.2, 0) is 20.7 Å². The third-order valence-corrected chi connectivity index (χ3v) is 2.76. The number of aryl methyl sites for hydroxylation is 1. The first kappa shape index (κ1) is 16.0.